The second kappa shape index (κ2) is 8.07. The first kappa shape index (κ1) is 15.9. The van der Waals surface area contributed by atoms with Crippen LogP contribution in [0.1, 0.15) is 25.3 Å². The van der Waals surface area contributed by atoms with Gasteiger partial charge in [0.15, 0.2) is 0 Å². The average molecular weight is 305 g/mol. The van der Waals surface area contributed by atoms with Crippen molar-refractivity contribution in [3.05, 3.63) is 34.9 Å². The molecule has 1 heterocycles. The zero-order chi connectivity index (χ0) is 15.1. The lowest BCUT2D eigenvalue weighted by molar-refractivity contribution is -0.115. The Morgan fingerprint density at radius 1 is 1.38 bits per heavy atom. The standard InChI is InChI=1S/C17H21ClN2O/c1-2-5-17(21)19-12-14-8-10-20(11-9-14)13-15-6-3-4-7-16(15)18/h3-4,6-7,14H,8-13H2,1H3,(H,19,21). The second-order valence-electron chi connectivity index (χ2n) is 5.40. The summed E-state index contributed by atoms with van der Waals surface area (Å²) < 4.78 is 0. The van der Waals surface area contributed by atoms with Gasteiger partial charge in [-0.15, -0.1) is 0 Å². The summed E-state index contributed by atoms with van der Waals surface area (Å²) in [5.74, 6) is 5.50. The topological polar surface area (TPSA) is 32.3 Å². The number of hydrogen-bond donors (Lipinski definition) is 1. The van der Waals surface area contributed by atoms with Crippen LogP contribution in [0.25, 0.3) is 0 Å². The first-order valence-electron chi connectivity index (χ1n) is 7.35. The molecule has 1 aromatic carbocycles. The molecule has 0 unspecified atom stereocenters. The summed E-state index contributed by atoms with van der Waals surface area (Å²) in [6, 6.07) is 8.00. The number of benzene rings is 1. The summed E-state index contributed by atoms with van der Waals surface area (Å²) in [5.41, 5.74) is 1.18. The van der Waals surface area contributed by atoms with Crippen molar-refractivity contribution in [2.24, 2.45) is 5.92 Å². The van der Waals surface area contributed by atoms with E-state index >= 15 is 0 Å². The van der Waals surface area contributed by atoms with Gasteiger partial charge < -0.3 is 5.32 Å². The minimum Gasteiger partial charge on any atom is -0.345 e. The number of nitrogens with zero attached hydrogens (tertiary/aromatic N) is 1. The lowest BCUT2D eigenvalue weighted by atomic mass is 9.96. The fraction of sp³-hybridized carbons (Fsp3) is 0.471. The Bertz CT molecular complexity index is 539. The molecule has 0 aromatic heterocycles. The summed E-state index contributed by atoms with van der Waals surface area (Å²) >= 11 is 6.20. The van der Waals surface area contributed by atoms with E-state index in [1.807, 2.05) is 18.2 Å². The summed E-state index contributed by atoms with van der Waals surface area (Å²) in [5, 5.41) is 3.71. The van der Waals surface area contributed by atoms with Crippen LogP contribution in [0.2, 0.25) is 5.02 Å². The van der Waals surface area contributed by atoms with Gasteiger partial charge in [0.1, 0.15) is 0 Å². The van der Waals surface area contributed by atoms with E-state index in [-0.39, 0.29) is 5.91 Å². The monoisotopic (exact) mass is 304 g/mol. The molecular formula is C17H21ClN2O. The number of piperidine rings is 1. The van der Waals surface area contributed by atoms with Crippen LogP contribution in [-0.4, -0.2) is 30.4 Å². The van der Waals surface area contributed by atoms with Crippen LogP contribution in [0, 0.1) is 17.8 Å². The van der Waals surface area contributed by atoms with Gasteiger partial charge in [-0.3, -0.25) is 9.69 Å². The zero-order valence-electron chi connectivity index (χ0n) is 12.4. The maximum atomic E-state index is 11.3. The third-order valence-corrected chi connectivity index (χ3v) is 4.22. The molecule has 1 saturated heterocycles. The highest BCUT2D eigenvalue weighted by Gasteiger charge is 2.19. The predicted octanol–water partition coefficient (Wildman–Crippen LogP) is 2.69. The molecule has 0 atom stereocenters. The van der Waals surface area contributed by atoms with Gasteiger partial charge in [0, 0.05) is 18.1 Å². The molecule has 0 aliphatic carbocycles. The van der Waals surface area contributed by atoms with Gasteiger partial charge in [0.25, 0.3) is 5.91 Å². The molecule has 1 aliphatic heterocycles. The van der Waals surface area contributed by atoms with Crippen LogP contribution < -0.4 is 5.32 Å². The van der Waals surface area contributed by atoms with Gasteiger partial charge in [-0.2, -0.15) is 0 Å². The molecule has 1 aromatic rings. The van der Waals surface area contributed by atoms with Crippen molar-refractivity contribution in [1.29, 1.82) is 0 Å². The molecule has 21 heavy (non-hydrogen) atoms. The molecule has 4 heteroatoms. The molecule has 0 spiro atoms. The maximum Gasteiger partial charge on any atom is 0.295 e. The summed E-state index contributed by atoms with van der Waals surface area (Å²) in [4.78, 5) is 13.7. The number of halogens is 1. The zero-order valence-corrected chi connectivity index (χ0v) is 13.1. The normalized spacial score (nSPS) is 16.1. The van der Waals surface area contributed by atoms with Crippen LogP contribution in [0.5, 0.6) is 0 Å². The van der Waals surface area contributed by atoms with Crippen LogP contribution in [0.15, 0.2) is 24.3 Å². The molecule has 1 aliphatic rings. The largest absolute Gasteiger partial charge is 0.345 e. The molecule has 1 fully saturated rings. The van der Waals surface area contributed by atoms with E-state index in [9.17, 15) is 4.79 Å². The highest BCUT2D eigenvalue weighted by molar-refractivity contribution is 6.31. The van der Waals surface area contributed by atoms with Crippen LogP contribution in [0.4, 0.5) is 0 Å². The SMILES string of the molecule is CC#CC(=O)NCC1CCN(Cc2ccccc2Cl)CC1. The molecule has 0 radical (unpaired) electrons. The van der Waals surface area contributed by atoms with E-state index in [0.717, 1.165) is 44.0 Å². The van der Waals surface area contributed by atoms with Crippen molar-refractivity contribution >= 4 is 17.5 Å². The molecule has 1 N–H and O–H groups in total. The number of carbonyl (C=O) groups excluding carboxylic acids is 1. The quantitative estimate of drug-likeness (QED) is 0.868. The molecule has 112 valence electrons. The Morgan fingerprint density at radius 2 is 2.10 bits per heavy atom. The van der Waals surface area contributed by atoms with Gasteiger partial charge in [0.05, 0.1) is 0 Å². The third-order valence-electron chi connectivity index (χ3n) is 3.85. The van der Waals surface area contributed by atoms with Crippen LogP contribution in [0.3, 0.4) is 0 Å². The molecule has 3 nitrogen and oxygen atoms in total. The number of likely N-dealkylation sites (tertiary alicyclic amines) is 1. The highest BCUT2D eigenvalue weighted by Crippen LogP contribution is 2.21. The van der Waals surface area contributed by atoms with E-state index in [4.69, 9.17) is 11.6 Å². The Hall–Kier alpha value is -1.50. The van der Waals surface area contributed by atoms with Crippen LogP contribution >= 0.6 is 11.6 Å². The van der Waals surface area contributed by atoms with E-state index in [2.05, 4.69) is 28.1 Å². The Balaban J connectivity index is 1.74. The van der Waals surface area contributed by atoms with Crippen molar-refractivity contribution in [2.45, 2.75) is 26.3 Å². The minimum absolute atomic E-state index is 0.170. The maximum absolute atomic E-state index is 11.3. The van der Waals surface area contributed by atoms with Gasteiger partial charge >= 0.3 is 0 Å². The molecule has 1 amide bonds. The van der Waals surface area contributed by atoms with Gasteiger partial charge in [-0.25, -0.2) is 0 Å². The Morgan fingerprint density at radius 3 is 2.76 bits per heavy atom. The van der Waals surface area contributed by atoms with Crippen molar-refractivity contribution in [3.63, 3.8) is 0 Å². The molecule has 0 bridgehead atoms. The number of hydrogen-bond acceptors (Lipinski definition) is 2. The number of rotatable bonds is 4. The van der Waals surface area contributed by atoms with E-state index in [1.165, 1.54) is 5.56 Å². The van der Waals surface area contributed by atoms with E-state index in [1.54, 1.807) is 6.92 Å². The van der Waals surface area contributed by atoms with Crippen molar-refractivity contribution in [2.75, 3.05) is 19.6 Å². The summed E-state index contributed by atoms with van der Waals surface area (Å²) in [6.45, 7) is 5.40. The van der Waals surface area contributed by atoms with Gasteiger partial charge in [-0.05, 0) is 56.3 Å². The smallest absolute Gasteiger partial charge is 0.295 e. The van der Waals surface area contributed by atoms with Gasteiger partial charge in [-0.1, -0.05) is 35.7 Å². The van der Waals surface area contributed by atoms with Crippen LogP contribution in [-0.2, 0) is 11.3 Å². The Kier molecular flexibility index (Phi) is 6.10. The molecule has 2 rings (SSSR count). The number of amides is 1. The predicted molar refractivity (Wildman–Crippen MR) is 85.9 cm³/mol. The van der Waals surface area contributed by atoms with E-state index in [0.29, 0.717) is 5.92 Å². The van der Waals surface area contributed by atoms with E-state index < -0.39 is 0 Å². The molecule has 0 saturated carbocycles. The second-order valence-corrected chi connectivity index (χ2v) is 5.80. The van der Waals surface area contributed by atoms with Crippen molar-refractivity contribution in [1.82, 2.24) is 10.2 Å². The average Bonchev–Trinajstić information content (AvgIpc) is 2.49. The fourth-order valence-corrected chi connectivity index (χ4v) is 2.81. The number of nitrogens with one attached hydrogen (secondary N) is 1. The highest BCUT2D eigenvalue weighted by atomic mass is 35.5. The lowest BCUT2D eigenvalue weighted by Gasteiger charge is -2.32. The van der Waals surface area contributed by atoms with Crippen molar-refractivity contribution in [3.8, 4) is 11.8 Å². The first-order valence-corrected chi connectivity index (χ1v) is 7.73. The minimum atomic E-state index is -0.170. The Labute approximate surface area is 131 Å². The number of carbonyl (C=O) groups is 1. The molecular weight excluding hydrogens is 284 g/mol. The summed E-state index contributed by atoms with van der Waals surface area (Å²) in [6.07, 6.45) is 2.20. The first-order chi connectivity index (χ1) is 10.2. The summed E-state index contributed by atoms with van der Waals surface area (Å²) in [7, 11) is 0. The van der Waals surface area contributed by atoms with Gasteiger partial charge in [0.2, 0.25) is 0 Å². The fourth-order valence-electron chi connectivity index (χ4n) is 2.61. The third kappa shape index (κ3) is 5.08. The lowest BCUT2D eigenvalue weighted by Crippen LogP contribution is -2.38. The van der Waals surface area contributed by atoms with Crippen molar-refractivity contribution < 1.29 is 4.79 Å².